The number of aliphatic hydroxyl groups is 1. The van der Waals surface area contributed by atoms with Crippen molar-refractivity contribution < 1.29 is 14.6 Å². The lowest BCUT2D eigenvalue weighted by Crippen LogP contribution is -2.44. The summed E-state index contributed by atoms with van der Waals surface area (Å²) in [6.07, 6.45) is 6.73. The zero-order chi connectivity index (χ0) is 24.5. The molecular weight excluding hydrogens is 454 g/mol. The van der Waals surface area contributed by atoms with Crippen molar-refractivity contribution in [2.45, 2.75) is 45.3 Å². The van der Waals surface area contributed by atoms with Crippen LogP contribution < -0.4 is 5.32 Å². The molecule has 2 atom stereocenters. The number of carbonyl (C=O) groups is 1. The summed E-state index contributed by atoms with van der Waals surface area (Å²) in [4.78, 5) is 26.9. The number of likely N-dealkylation sites (tertiary alicyclic amines) is 1. The Bertz CT molecular complexity index is 1180. The predicted molar refractivity (Wildman–Crippen MR) is 133 cm³/mol. The van der Waals surface area contributed by atoms with E-state index >= 15 is 0 Å². The average molecular weight is 484 g/mol. The van der Waals surface area contributed by atoms with Gasteiger partial charge in [-0.1, -0.05) is 17.7 Å². The van der Waals surface area contributed by atoms with Crippen LogP contribution in [0.4, 0.5) is 10.5 Å². The lowest BCUT2D eigenvalue weighted by Gasteiger charge is -2.35. The second kappa shape index (κ2) is 9.72. The van der Waals surface area contributed by atoms with E-state index in [9.17, 15) is 9.90 Å². The SMILES string of the molecule is COC(=O)N1CCC[C@H](C(C)Nc2c(Cl)cnc3ccc(-c4cnc(C(C)(C)O)nc4)cc23)C1. The van der Waals surface area contributed by atoms with Gasteiger partial charge >= 0.3 is 6.09 Å². The highest BCUT2D eigenvalue weighted by atomic mass is 35.5. The van der Waals surface area contributed by atoms with Gasteiger partial charge in [0.05, 0.1) is 23.3 Å². The standard InChI is InChI=1S/C25H30ClN5O3/c1-15(17-6-5-9-31(14-17)24(32)34-4)30-22-19-10-16(7-8-21(19)27-13-20(22)26)18-11-28-23(29-12-18)25(2,3)33/h7-8,10-13,15,17,33H,5-6,9,14H2,1-4H3,(H,27,30)/t15?,17-/m0/s1. The minimum absolute atomic E-state index is 0.0774. The molecule has 0 aliphatic carbocycles. The molecular formula is C25H30ClN5O3. The van der Waals surface area contributed by atoms with Gasteiger partial charge < -0.3 is 20.1 Å². The number of rotatable bonds is 5. The highest BCUT2D eigenvalue weighted by molar-refractivity contribution is 6.34. The van der Waals surface area contributed by atoms with Crippen LogP contribution >= 0.6 is 11.6 Å². The number of hydrogen-bond donors (Lipinski definition) is 2. The number of benzene rings is 1. The molecule has 1 aliphatic heterocycles. The van der Waals surface area contributed by atoms with Gasteiger partial charge in [-0.25, -0.2) is 14.8 Å². The fourth-order valence-electron chi connectivity index (χ4n) is 4.35. The Hall–Kier alpha value is -2.97. The second-order valence-electron chi connectivity index (χ2n) is 9.32. The van der Waals surface area contributed by atoms with Gasteiger partial charge in [-0.15, -0.1) is 0 Å². The summed E-state index contributed by atoms with van der Waals surface area (Å²) in [6.45, 7) is 6.77. The van der Waals surface area contributed by atoms with Crippen molar-refractivity contribution in [2.75, 3.05) is 25.5 Å². The van der Waals surface area contributed by atoms with Gasteiger partial charge in [0.1, 0.15) is 5.60 Å². The summed E-state index contributed by atoms with van der Waals surface area (Å²) >= 11 is 6.60. The van der Waals surface area contributed by atoms with E-state index < -0.39 is 5.60 Å². The van der Waals surface area contributed by atoms with Crippen LogP contribution in [0.1, 0.15) is 39.4 Å². The average Bonchev–Trinajstić information content (AvgIpc) is 2.84. The highest BCUT2D eigenvalue weighted by Crippen LogP contribution is 2.34. The van der Waals surface area contributed by atoms with Crippen LogP contribution in [0.5, 0.6) is 0 Å². The third-order valence-electron chi connectivity index (χ3n) is 6.32. The van der Waals surface area contributed by atoms with Crippen LogP contribution in [0.15, 0.2) is 36.8 Å². The van der Waals surface area contributed by atoms with Crippen molar-refractivity contribution >= 4 is 34.3 Å². The predicted octanol–water partition coefficient (Wildman–Crippen LogP) is 4.85. The van der Waals surface area contributed by atoms with Gasteiger partial charge in [0.15, 0.2) is 5.82 Å². The van der Waals surface area contributed by atoms with Crippen molar-refractivity contribution in [1.29, 1.82) is 0 Å². The van der Waals surface area contributed by atoms with Crippen molar-refractivity contribution in [3.8, 4) is 11.1 Å². The van der Waals surface area contributed by atoms with Crippen molar-refractivity contribution in [2.24, 2.45) is 5.92 Å². The number of fused-ring (bicyclic) bond motifs is 1. The molecule has 1 aliphatic rings. The molecule has 0 spiro atoms. The molecule has 1 saturated heterocycles. The Morgan fingerprint density at radius 2 is 1.97 bits per heavy atom. The first-order valence-corrected chi connectivity index (χ1v) is 11.8. The highest BCUT2D eigenvalue weighted by Gasteiger charge is 2.28. The lowest BCUT2D eigenvalue weighted by atomic mass is 9.91. The first-order chi connectivity index (χ1) is 16.2. The van der Waals surface area contributed by atoms with E-state index in [1.807, 2.05) is 18.2 Å². The Morgan fingerprint density at radius 3 is 2.65 bits per heavy atom. The smallest absolute Gasteiger partial charge is 0.409 e. The van der Waals surface area contributed by atoms with E-state index in [-0.39, 0.29) is 18.1 Å². The maximum Gasteiger partial charge on any atom is 0.409 e. The number of carbonyl (C=O) groups excluding carboxylic acids is 1. The second-order valence-corrected chi connectivity index (χ2v) is 9.73. The molecule has 3 aromatic rings. The molecule has 1 amide bonds. The number of amides is 1. The number of nitrogens with zero attached hydrogens (tertiary/aromatic N) is 4. The minimum atomic E-state index is -1.10. The van der Waals surface area contributed by atoms with Gasteiger partial charge in [-0.2, -0.15) is 0 Å². The lowest BCUT2D eigenvalue weighted by molar-refractivity contribution is 0.0687. The number of methoxy groups -OCH3 is 1. The summed E-state index contributed by atoms with van der Waals surface area (Å²) in [7, 11) is 1.41. The Labute approximate surface area is 204 Å². The number of anilines is 1. The third-order valence-corrected chi connectivity index (χ3v) is 6.61. The molecule has 2 aromatic heterocycles. The first-order valence-electron chi connectivity index (χ1n) is 11.4. The molecule has 0 saturated carbocycles. The fraction of sp³-hybridized carbons (Fsp3) is 0.440. The first kappa shape index (κ1) is 24.2. The fourth-order valence-corrected chi connectivity index (χ4v) is 4.55. The van der Waals surface area contributed by atoms with E-state index in [1.54, 1.807) is 37.3 Å². The van der Waals surface area contributed by atoms with Crippen LogP contribution in [0.2, 0.25) is 5.02 Å². The number of aromatic nitrogens is 3. The third kappa shape index (κ3) is 5.08. The van der Waals surface area contributed by atoms with Crippen LogP contribution in [-0.2, 0) is 10.3 Å². The summed E-state index contributed by atoms with van der Waals surface area (Å²) in [5.41, 5.74) is 2.27. The number of ether oxygens (including phenoxy) is 1. The van der Waals surface area contributed by atoms with Gasteiger partial charge in [-0.3, -0.25) is 4.98 Å². The quantitative estimate of drug-likeness (QED) is 0.534. The molecule has 4 rings (SSSR count). The summed E-state index contributed by atoms with van der Waals surface area (Å²) in [5, 5.41) is 15.1. The Balaban J connectivity index is 1.62. The van der Waals surface area contributed by atoms with Crippen LogP contribution in [0.3, 0.4) is 0 Å². The van der Waals surface area contributed by atoms with E-state index in [1.165, 1.54) is 7.11 Å². The van der Waals surface area contributed by atoms with Gasteiger partial charge in [-0.05, 0) is 57.2 Å². The Morgan fingerprint density at radius 1 is 1.24 bits per heavy atom. The zero-order valence-electron chi connectivity index (χ0n) is 19.9. The molecule has 0 radical (unpaired) electrons. The van der Waals surface area contributed by atoms with Gasteiger partial charge in [0, 0.05) is 48.7 Å². The largest absolute Gasteiger partial charge is 0.453 e. The van der Waals surface area contributed by atoms with Crippen molar-refractivity contribution in [1.82, 2.24) is 19.9 Å². The maximum atomic E-state index is 12.0. The molecule has 9 heteroatoms. The molecule has 0 bridgehead atoms. The topological polar surface area (TPSA) is 100 Å². The molecule has 8 nitrogen and oxygen atoms in total. The molecule has 1 unspecified atom stereocenters. The molecule has 2 N–H and O–H groups in total. The van der Waals surface area contributed by atoms with E-state index in [4.69, 9.17) is 16.3 Å². The van der Waals surface area contributed by atoms with Gasteiger partial charge in [0.25, 0.3) is 0 Å². The monoisotopic (exact) mass is 483 g/mol. The zero-order valence-corrected chi connectivity index (χ0v) is 20.6. The molecule has 1 aromatic carbocycles. The number of piperidine rings is 1. The van der Waals surface area contributed by atoms with Crippen LogP contribution in [-0.4, -0.2) is 57.3 Å². The number of pyridine rings is 1. The van der Waals surface area contributed by atoms with Crippen LogP contribution in [0.25, 0.3) is 22.0 Å². The molecule has 34 heavy (non-hydrogen) atoms. The van der Waals surface area contributed by atoms with E-state index in [2.05, 4.69) is 27.2 Å². The normalized spacial score (nSPS) is 17.5. The van der Waals surface area contributed by atoms with Crippen molar-refractivity contribution in [3.63, 3.8) is 0 Å². The van der Waals surface area contributed by atoms with Gasteiger partial charge in [0.2, 0.25) is 0 Å². The van der Waals surface area contributed by atoms with Crippen molar-refractivity contribution in [3.05, 3.63) is 47.6 Å². The number of halogens is 1. The maximum absolute atomic E-state index is 12.0. The summed E-state index contributed by atoms with van der Waals surface area (Å²) < 4.78 is 4.91. The molecule has 1 fully saturated rings. The van der Waals surface area contributed by atoms with E-state index in [0.29, 0.717) is 23.9 Å². The summed E-state index contributed by atoms with van der Waals surface area (Å²) in [6, 6.07) is 6.01. The summed E-state index contributed by atoms with van der Waals surface area (Å²) in [5.74, 6) is 0.629. The van der Waals surface area contributed by atoms with Crippen LogP contribution in [0, 0.1) is 5.92 Å². The Kier molecular flexibility index (Phi) is 6.91. The number of nitrogens with one attached hydrogen (secondary N) is 1. The molecule has 180 valence electrons. The van der Waals surface area contributed by atoms with E-state index in [0.717, 1.165) is 40.6 Å². The number of hydrogen-bond acceptors (Lipinski definition) is 7. The molecule has 3 heterocycles. The minimum Gasteiger partial charge on any atom is -0.453 e.